The van der Waals surface area contributed by atoms with E-state index in [-0.39, 0.29) is 11.4 Å². The van der Waals surface area contributed by atoms with Gasteiger partial charge in [0.05, 0.1) is 10.6 Å². The van der Waals surface area contributed by atoms with E-state index in [9.17, 15) is 22.8 Å². The van der Waals surface area contributed by atoms with Crippen LogP contribution in [0, 0.1) is 0 Å². The summed E-state index contributed by atoms with van der Waals surface area (Å²) in [7, 11) is 1.63. The van der Waals surface area contributed by atoms with Crippen LogP contribution in [-0.2, 0) is 22.8 Å². The second-order valence-corrected chi connectivity index (χ2v) is 5.23. The van der Waals surface area contributed by atoms with Crippen LogP contribution in [-0.4, -0.2) is 23.1 Å². The summed E-state index contributed by atoms with van der Waals surface area (Å²) < 4.78 is 44.5. The van der Waals surface area contributed by atoms with Gasteiger partial charge in [-0.05, 0) is 30.3 Å². The van der Waals surface area contributed by atoms with Gasteiger partial charge in [0.25, 0.3) is 5.91 Å². The van der Waals surface area contributed by atoms with Crippen LogP contribution in [0.5, 0.6) is 0 Å². The molecule has 2 aromatic rings. The van der Waals surface area contributed by atoms with E-state index in [1.54, 1.807) is 19.3 Å². The van der Waals surface area contributed by atoms with Crippen LogP contribution >= 0.6 is 11.6 Å². The van der Waals surface area contributed by atoms with E-state index in [4.69, 9.17) is 16.3 Å². The molecule has 2 rings (SSSR count). The molecule has 0 aliphatic heterocycles. The van der Waals surface area contributed by atoms with Gasteiger partial charge in [0.2, 0.25) is 0 Å². The molecule has 0 atom stereocenters. The Kier molecular flexibility index (Phi) is 5.18. The summed E-state index contributed by atoms with van der Waals surface area (Å²) in [5.41, 5.74) is -0.928. The van der Waals surface area contributed by atoms with Crippen molar-refractivity contribution in [1.29, 1.82) is 0 Å². The van der Waals surface area contributed by atoms with Crippen molar-refractivity contribution in [2.45, 2.75) is 6.18 Å². The van der Waals surface area contributed by atoms with E-state index < -0.39 is 35.2 Å². The number of alkyl halides is 3. The van der Waals surface area contributed by atoms with E-state index >= 15 is 0 Å². The average molecular weight is 361 g/mol. The zero-order chi connectivity index (χ0) is 17.9. The fraction of sp³-hybridized carbons (Fsp3) is 0.200. The summed E-state index contributed by atoms with van der Waals surface area (Å²) in [5, 5.41) is 1.74. The summed E-state index contributed by atoms with van der Waals surface area (Å²) in [6.07, 6.45) is -3.01. The van der Waals surface area contributed by atoms with Gasteiger partial charge in [-0.1, -0.05) is 11.6 Å². The van der Waals surface area contributed by atoms with E-state index in [0.717, 1.165) is 6.07 Å². The van der Waals surface area contributed by atoms with E-state index in [1.165, 1.54) is 16.7 Å². The summed E-state index contributed by atoms with van der Waals surface area (Å²) in [4.78, 5) is 23.4. The number of halogens is 4. The smallest absolute Gasteiger partial charge is 0.417 e. The number of amides is 1. The highest BCUT2D eigenvalue weighted by atomic mass is 35.5. The number of hydrogen-bond acceptors (Lipinski definition) is 3. The first-order chi connectivity index (χ1) is 11.2. The Morgan fingerprint density at radius 1 is 1.29 bits per heavy atom. The molecular formula is C15H12ClF3N2O3. The van der Waals surface area contributed by atoms with Gasteiger partial charge in [-0.25, -0.2) is 4.79 Å². The molecule has 0 fully saturated rings. The molecule has 24 heavy (non-hydrogen) atoms. The van der Waals surface area contributed by atoms with Gasteiger partial charge in [0.15, 0.2) is 6.61 Å². The van der Waals surface area contributed by atoms with Crippen LogP contribution in [0.15, 0.2) is 36.5 Å². The normalized spacial score (nSPS) is 11.2. The summed E-state index contributed by atoms with van der Waals surface area (Å²) in [6, 6.07) is 6.09. The van der Waals surface area contributed by atoms with Crippen molar-refractivity contribution in [3.63, 3.8) is 0 Å². The van der Waals surface area contributed by atoms with Crippen molar-refractivity contribution in [1.82, 2.24) is 4.57 Å². The predicted molar refractivity (Wildman–Crippen MR) is 80.8 cm³/mol. The molecule has 0 unspecified atom stereocenters. The summed E-state index contributed by atoms with van der Waals surface area (Å²) in [5.74, 6) is -1.49. The maximum Gasteiger partial charge on any atom is 0.417 e. The average Bonchev–Trinajstić information content (AvgIpc) is 2.92. The van der Waals surface area contributed by atoms with Crippen LogP contribution in [0.3, 0.4) is 0 Å². The second kappa shape index (κ2) is 6.96. The van der Waals surface area contributed by atoms with Crippen LogP contribution in [0.25, 0.3) is 0 Å². The molecule has 5 nitrogen and oxygen atoms in total. The van der Waals surface area contributed by atoms with Gasteiger partial charge in [-0.3, -0.25) is 4.79 Å². The fourth-order valence-corrected chi connectivity index (χ4v) is 2.12. The maximum atomic E-state index is 12.7. The molecule has 0 saturated heterocycles. The predicted octanol–water partition coefficient (Wildman–Crippen LogP) is 3.49. The lowest BCUT2D eigenvalue weighted by molar-refractivity contribution is -0.137. The van der Waals surface area contributed by atoms with E-state index in [0.29, 0.717) is 6.07 Å². The number of carbonyl (C=O) groups is 2. The molecule has 1 aromatic heterocycles. The third kappa shape index (κ3) is 4.29. The number of nitrogens with zero attached hydrogens (tertiary/aromatic N) is 1. The first kappa shape index (κ1) is 17.9. The monoisotopic (exact) mass is 360 g/mol. The number of anilines is 1. The van der Waals surface area contributed by atoms with Crippen molar-refractivity contribution in [2.24, 2.45) is 7.05 Å². The quantitative estimate of drug-likeness (QED) is 0.849. The molecule has 1 amide bonds. The molecule has 0 spiro atoms. The largest absolute Gasteiger partial charge is 0.451 e. The van der Waals surface area contributed by atoms with E-state index in [2.05, 4.69) is 5.32 Å². The molecule has 0 bridgehead atoms. The van der Waals surface area contributed by atoms with Crippen LogP contribution in [0.1, 0.15) is 16.1 Å². The highest BCUT2D eigenvalue weighted by Crippen LogP contribution is 2.36. The molecule has 9 heteroatoms. The van der Waals surface area contributed by atoms with Gasteiger partial charge in [0.1, 0.15) is 5.69 Å². The molecule has 0 aliphatic carbocycles. The number of rotatable bonds is 4. The van der Waals surface area contributed by atoms with Gasteiger partial charge in [-0.15, -0.1) is 0 Å². The zero-order valence-electron chi connectivity index (χ0n) is 12.4. The lowest BCUT2D eigenvalue weighted by atomic mass is 10.2. The Bertz CT molecular complexity index is 772. The lowest BCUT2D eigenvalue weighted by Gasteiger charge is -2.12. The standard InChI is InChI=1S/C15H12ClF3N2O3/c1-21-6-2-3-12(21)14(23)24-8-13(22)20-9-4-5-11(16)10(7-9)15(17,18)19/h2-7H,8H2,1H3,(H,20,22). The first-order valence-electron chi connectivity index (χ1n) is 6.63. The highest BCUT2D eigenvalue weighted by Gasteiger charge is 2.33. The molecular weight excluding hydrogens is 349 g/mol. The third-order valence-corrected chi connectivity index (χ3v) is 3.37. The number of carbonyl (C=O) groups excluding carboxylic acids is 2. The van der Waals surface area contributed by atoms with Crippen molar-refractivity contribution in [2.75, 3.05) is 11.9 Å². The number of benzene rings is 1. The maximum absolute atomic E-state index is 12.7. The fourth-order valence-electron chi connectivity index (χ4n) is 1.90. The lowest BCUT2D eigenvalue weighted by Crippen LogP contribution is -2.22. The van der Waals surface area contributed by atoms with Gasteiger partial charge < -0.3 is 14.6 Å². The molecule has 128 valence electrons. The minimum absolute atomic E-state index is 0.105. The molecule has 1 heterocycles. The number of nitrogens with one attached hydrogen (secondary N) is 1. The summed E-state index contributed by atoms with van der Waals surface area (Å²) in [6.45, 7) is -0.631. The van der Waals surface area contributed by atoms with Crippen LogP contribution < -0.4 is 5.32 Å². The Morgan fingerprint density at radius 2 is 2.00 bits per heavy atom. The highest BCUT2D eigenvalue weighted by molar-refractivity contribution is 6.31. The number of aromatic nitrogens is 1. The topological polar surface area (TPSA) is 60.3 Å². The Morgan fingerprint density at radius 3 is 2.58 bits per heavy atom. The van der Waals surface area contributed by atoms with Crippen LogP contribution in [0.2, 0.25) is 5.02 Å². The van der Waals surface area contributed by atoms with Crippen LogP contribution in [0.4, 0.5) is 18.9 Å². The minimum atomic E-state index is -4.64. The number of ether oxygens (including phenoxy) is 1. The van der Waals surface area contributed by atoms with Gasteiger partial charge >= 0.3 is 12.1 Å². The Balaban J connectivity index is 1.98. The SMILES string of the molecule is Cn1cccc1C(=O)OCC(=O)Nc1ccc(Cl)c(C(F)(F)F)c1. The van der Waals surface area contributed by atoms with Crippen molar-refractivity contribution < 1.29 is 27.5 Å². The third-order valence-electron chi connectivity index (χ3n) is 3.04. The zero-order valence-corrected chi connectivity index (χ0v) is 13.1. The Labute approximate surface area is 140 Å². The summed E-state index contributed by atoms with van der Waals surface area (Å²) >= 11 is 5.49. The number of hydrogen-bond donors (Lipinski definition) is 1. The van der Waals surface area contributed by atoms with Gasteiger partial charge in [0, 0.05) is 18.9 Å². The van der Waals surface area contributed by atoms with Crippen molar-refractivity contribution in [3.8, 4) is 0 Å². The van der Waals surface area contributed by atoms with Gasteiger partial charge in [-0.2, -0.15) is 13.2 Å². The molecule has 0 saturated carbocycles. The minimum Gasteiger partial charge on any atom is -0.451 e. The molecule has 0 radical (unpaired) electrons. The second-order valence-electron chi connectivity index (χ2n) is 4.82. The molecule has 0 aliphatic rings. The van der Waals surface area contributed by atoms with E-state index in [1.807, 2.05) is 0 Å². The number of aryl methyl sites for hydroxylation is 1. The van der Waals surface area contributed by atoms with Crippen molar-refractivity contribution in [3.05, 3.63) is 52.8 Å². The number of esters is 1. The van der Waals surface area contributed by atoms with Crippen molar-refractivity contribution >= 4 is 29.2 Å². The first-order valence-corrected chi connectivity index (χ1v) is 7.01. The Hall–Kier alpha value is -2.48. The molecule has 1 aromatic carbocycles. The molecule has 1 N–H and O–H groups in total.